The van der Waals surface area contributed by atoms with Gasteiger partial charge in [-0.1, -0.05) is 12.8 Å². The molecule has 2 N–H and O–H groups in total. The van der Waals surface area contributed by atoms with Gasteiger partial charge < -0.3 is 5.73 Å². The van der Waals surface area contributed by atoms with Crippen LogP contribution in [0.15, 0.2) is 15.0 Å². The highest BCUT2D eigenvalue weighted by Gasteiger charge is 2.24. The fraction of sp³-hybridized carbons (Fsp3) is 0.429. The van der Waals surface area contributed by atoms with Crippen molar-refractivity contribution < 1.29 is 0 Å². The van der Waals surface area contributed by atoms with E-state index in [9.17, 15) is 0 Å². The maximum absolute atomic E-state index is 6.07. The van der Waals surface area contributed by atoms with Crippen LogP contribution >= 0.6 is 43.2 Å². The van der Waals surface area contributed by atoms with E-state index < -0.39 is 0 Å². The molecule has 1 aliphatic rings. The summed E-state index contributed by atoms with van der Waals surface area (Å²) in [5.41, 5.74) is 7.14. The van der Waals surface area contributed by atoms with Gasteiger partial charge in [-0.3, -0.25) is 0 Å². The van der Waals surface area contributed by atoms with Gasteiger partial charge in [0.05, 0.1) is 15.0 Å². The van der Waals surface area contributed by atoms with Crippen LogP contribution in [0.5, 0.6) is 0 Å². The van der Waals surface area contributed by atoms with Crippen LogP contribution in [0, 0.1) is 6.92 Å². The molecule has 1 saturated carbocycles. The smallest absolute Gasteiger partial charge is 0.171 e. The molecule has 6 heteroatoms. The van der Waals surface area contributed by atoms with E-state index >= 15 is 0 Å². The number of nitrogens with two attached hydrogens (primary N) is 1. The minimum Gasteiger partial charge on any atom is -0.383 e. The van der Waals surface area contributed by atoms with E-state index in [1.807, 2.05) is 0 Å². The van der Waals surface area contributed by atoms with Crippen LogP contribution in [0.2, 0.25) is 0 Å². The lowest BCUT2D eigenvalue weighted by Crippen LogP contribution is -2.05. The van der Waals surface area contributed by atoms with E-state index in [0.29, 0.717) is 11.7 Å². The Morgan fingerprint density at radius 1 is 1.25 bits per heavy atom. The average Bonchev–Trinajstić information content (AvgIpc) is 3.04. The molecular formula is C14H15Br2N3S. The van der Waals surface area contributed by atoms with Crippen molar-refractivity contribution in [1.82, 2.24) is 9.97 Å². The first-order valence-electron chi connectivity index (χ1n) is 6.65. The third-order valence-corrected chi connectivity index (χ3v) is 6.67. The monoisotopic (exact) mass is 415 g/mol. The number of nitrogen functional groups attached to an aromatic ring is 1. The van der Waals surface area contributed by atoms with Gasteiger partial charge in [0.25, 0.3) is 0 Å². The average molecular weight is 417 g/mol. The van der Waals surface area contributed by atoms with E-state index in [0.717, 1.165) is 25.3 Å². The van der Waals surface area contributed by atoms with Crippen molar-refractivity contribution in [2.24, 2.45) is 0 Å². The Bertz CT molecular complexity index is 629. The van der Waals surface area contributed by atoms with E-state index in [1.165, 1.54) is 30.6 Å². The van der Waals surface area contributed by atoms with Crippen molar-refractivity contribution in [3.8, 4) is 10.7 Å². The number of aryl methyl sites for hydroxylation is 1. The second-order valence-electron chi connectivity index (χ2n) is 5.13. The molecule has 0 atom stereocenters. The molecular weight excluding hydrogens is 402 g/mol. The molecule has 1 aliphatic carbocycles. The first kappa shape index (κ1) is 14.5. The topological polar surface area (TPSA) is 51.8 Å². The van der Waals surface area contributed by atoms with Crippen molar-refractivity contribution in [2.45, 2.75) is 38.5 Å². The molecule has 106 valence electrons. The van der Waals surface area contributed by atoms with Crippen LogP contribution in [-0.2, 0) is 0 Å². The number of thiophene rings is 1. The standard InChI is InChI=1S/C14H15Br2N3S/c1-7-9(15)6-10(20-7)14-18-12(8-4-2-3-5-8)11(16)13(17)19-14/h6,8H,2-5H2,1H3,(H2,17,18,19). The van der Waals surface area contributed by atoms with Crippen molar-refractivity contribution in [1.29, 1.82) is 0 Å². The third kappa shape index (κ3) is 2.65. The largest absolute Gasteiger partial charge is 0.383 e. The van der Waals surface area contributed by atoms with E-state index in [-0.39, 0.29) is 0 Å². The molecule has 0 saturated heterocycles. The van der Waals surface area contributed by atoms with E-state index in [4.69, 9.17) is 10.7 Å². The van der Waals surface area contributed by atoms with Gasteiger partial charge in [-0.05, 0) is 57.7 Å². The van der Waals surface area contributed by atoms with Crippen LogP contribution in [0.4, 0.5) is 5.82 Å². The number of hydrogen-bond acceptors (Lipinski definition) is 4. The van der Waals surface area contributed by atoms with E-state index in [1.54, 1.807) is 11.3 Å². The van der Waals surface area contributed by atoms with Crippen molar-refractivity contribution in [3.05, 3.63) is 25.6 Å². The molecule has 3 rings (SSSR count). The van der Waals surface area contributed by atoms with Crippen LogP contribution in [0.25, 0.3) is 10.7 Å². The van der Waals surface area contributed by atoms with Gasteiger partial charge >= 0.3 is 0 Å². The minimum absolute atomic E-state index is 0.512. The van der Waals surface area contributed by atoms with Crippen molar-refractivity contribution >= 4 is 49.0 Å². The lowest BCUT2D eigenvalue weighted by Gasteiger charge is -2.13. The molecule has 1 fully saturated rings. The van der Waals surface area contributed by atoms with Gasteiger partial charge in [-0.2, -0.15) is 0 Å². The molecule has 2 aromatic heterocycles. The number of aromatic nitrogens is 2. The highest BCUT2D eigenvalue weighted by atomic mass is 79.9. The number of rotatable bonds is 2. The summed E-state index contributed by atoms with van der Waals surface area (Å²) in [6.07, 6.45) is 4.95. The zero-order valence-corrected chi connectivity index (χ0v) is 15.1. The number of anilines is 1. The van der Waals surface area contributed by atoms with Gasteiger partial charge in [-0.25, -0.2) is 9.97 Å². The Hall–Kier alpha value is -0.460. The molecule has 2 aromatic rings. The molecule has 20 heavy (non-hydrogen) atoms. The predicted octanol–water partition coefficient (Wildman–Crippen LogP) is 5.28. The molecule has 0 bridgehead atoms. The SMILES string of the molecule is Cc1sc(-c2nc(N)c(Br)c(C3CCCC3)n2)cc1Br. The summed E-state index contributed by atoms with van der Waals surface area (Å²) < 4.78 is 1.98. The maximum Gasteiger partial charge on any atom is 0.171 e. The first-order chi connectivity index (χ1) is 9.56. The summed E-state index contributed by atoms with van der Waals surface area (Å²) in [5, 5.41) is 0. The quantitative estimate of drug-likeness (QED) is 0.724. The summed E-state index contributed by atoms with van der Waals surface area (Å²) in [7, 11) is 0. The minimum atomic E-state index is 0.512. The van der Waals surface area contributed by atoms with Crippen LogP contribution in [0.3, 0.4) is 0 Å². The van der Waals surface area contributed by atoms with Gasteiger partial charge in [-0.15, -0.1) is 11.3 Å². The number of halogens is 2. The van der Waals surface area contributed by atoms with E-state index in [2.05, 4.69) is 49.8 Å². The molecule has 0 amide bonds. The Balaban J connectivity index is 2.08. The summed E-state index contributed by atoms with van der Waals surface area (Å²) in [5.74, 6) is 1.79. The fourth-order valence-corrected chi connectivity index (χ4v) is 4.60. The van der Waals surface area contributed by atoms with Crippen molar-refractivity contribution in [3.63, 3.8) is 0 Å². The lowest BCUT2D eigenvalue weighted by molar-refractivity contribution is 0.692. The zero-order chi connectivity index (χ0) is 14.3. The van der Waals surface area contributed by atoms with Crippen LogP contribution in [0.1, 0.15) is 42.2 Å². The highest BCUT2D eigenvalue weighted by molar-refractivity contribution is 9.11. The van der Waals surface area contributed by atoms with Gasteiger partial charge in [0, 0.05) is 15.3 Å². The number of hydrogen-bond donors (Lipinski definition) is 1. The second-order valence-corrected chi connectivity index (χ2v) is 8.03. The van der Waals surface area contributed by atoms with Gasteiger partial charge in [0.2, 0.25) is 0 Å². The Morgan fingerprint density at radius 2 is 1.95 bits per heavy atom. The molecule has 3 nitrogen and oxygen atoms in total. The zero-order valence-electron chi connectivity index (χ0n) is 11.1. The molecule has 0 unspecified atom stereocenters. The summed E-state index contributed by atoms with van der Waals surface area (Å²) >= 11 is 8.80. The van der Waals surface area contributed by atoms with Crippen molar-refractivity contribution in [2.75, 3.05) is 5.73 Å². The lowest BCUT2D eigenvalue weighted by atomic mass is 10.0. The van der Waals surface area contributed by atoms with Crippen LogP contribution < -0.4 is 5.73 Å². The molecule has 0 aliphatic heterocycles. The van der Waals surface area contributed by atoms with Gasteiger partial charge in [0.15, 0.2) is 5.82 Å². The summed E-state index contributed by atoms with van der Waals surface area (Å²) in [6, 6.07) is 2.07. The summed E-state index contributed by atoms with van der Waals surface area (Å²) in [6.45, 7) is 2.08. The second kappa shape index (κ2) is 5.73. The number of nitrogens with zero attached hydrogens (tertiary/aromatic N) is 2. The Labute approximate surface area is 139 Å². The fourth-order valence-electron chi connectivity index (χ4n) is 2.63. The predicted molar refractivity (Wildman–Crippen MR) is 91.1 cm³/mol. The molecule has 0 aromatic carbocycles. The first-order valence-corrected chi connectivity index (χ1v) is 9.05. The maximum atomic E-state index is 6.07. The van der Waals surface area contributed by atoms with Gasteiger partial charge in [0.1, 0.15) is 5.82 Å². The Kier molecular flexibility index (Phi) is 4.15. The third-order valence-electron chi connectivity index (χ3n) is 3.72. The van der Waals surface area contributed by atoms with Crippen LogP contribution in [-0.4, -0.2) is 9.97 Å². The molecule has 2 heterocycles. The molecule has 0 spiro atoms. The normalized spacial score (nSPS) is 15.9. The summed E-state index contributed by atoms with van der Waals surface area (Å²) in [4.78, 5) is 11.5. The Morgan fingerprint density at radius 3 is 2.55 bits per heavy atom. The molecule has 0 radical (unpaired) electrons. The highest BCUT2D eigenvalue weighted by Crippen LogP contribution is 2.40.